The maximum Gasteiger partial charge on any atom is 0.310 e. The van der Waals surface area contributed by atoms with Crippen molar-refractivity contribution in [2.45, 2.75) is 32.9 Å². The Morgan fingerprint density at radius 2 is 1.78 bits per heavy atom. The first-order chi connectivity index (χ1) is 17.3. The van der Waals surface area contributed by atoms with Crippen molar-refractivity contribution in [2.24, 2.45) is 0 Å². The van der Waals surface area contributed by atoms with Crippen LogP contribution in [0.2, 0.25) is 5.02 Å². The van der Waals surface area contributed by atoms with Gasteiger partial charge in [-0.25, -0.2) is 8.78 Å². The lowest BCUT2D eigenvalue weighted by Gasteiger charge is -2.23. The van der Waals surface area contributed by atoms with E-state index in [1.807, 2.05) is 0 Å². The molecule has 0 bridgehead atoms. The van der Waals surface area contributed by atoms with Crippen LogP contribution in [0, 0.1) is 0 Å². The first-order valence-corrected chi connectivity index (χ1v) is 11.7. The zero-order valence-electron chi connectivity index (χ0n) is 19.6. The van der Waals surface area contributed by atoms with Crippen molar-refractivity contribution in [3.8, 4) is 11.5 Å². The SMILES string of the molecule is CCOC(=O)Cc1ccc(N2C(=O)c3c(c(OCC(F)F)c4ccccc4c3OCC)C2O)c(Cl)c1. The molecule has 1 amide bonds. The Kier molecular flexibility index (Phi) is 7.61. The van der Waals surface area contributed by atoms with Gasteiger partial charge in [-0.1, -0.05) is 41.9 Å². The molecule has 10 heteroatoms. The lowest BCUT2D eigenvalue weighted by Crippen LogP contribution is -2.28. The van der Waals surface area contributed by atoms with E-state index in [2.05, 4.69) is 0 Å². The quantitative estimate of drug-likeness (QED) is 0.387. The summed E-state index contributed by atoms with van der Waals surface area (Å²) >= 11 is 6.47. The Bertz CT molecular complexity index is 1320. The monoisotopic (exact) mass is 519 g/mol. The lowest BCUT2D eigenvalue weighted by atomic mass is 9.98. The molecule has 1 aliphatic heterocycles. The molecule has 0 fully saturated rings. The van der Waals surface area contributed by atoms with Crippen LogP contribution in [0.15, 0.2) is 42.5 Å². The highest BCUT2D eigenvalue weighted by molar-refractivity contribution is 6.34. The summed E-state index contributed by atoms with van der Waals surface area (Å²) in [5.74, 6) is -0.870. The second kappa shape index (κ2) is 10.7. The largest absolute Gasteiger partial charge is 0.492 e. The van der Waals surface area contributed by atoms with Crippen molar-refractivity contribution in [3.05, 3.63) is 64.2 Å². The summed E-state index contributed by atoms with van der Waals surface area (Å²) in [4.78, 5) is 26.6. The van der Waals surface area contributed by atoms with Crippen molar-refractivity contribution >= 4 is 39.9 Å². The molecule has 190 valence electrons. The Balaban J connectivity index is 1.84. The van der Waals surface area contributed by atoms with E-state index in [4.69, 9.17) is 25.8 Å². The zero-order valence-corrected chi connectivity index (χ0v) is 20.4. The van der Waals surface area contributed by atoms with Gasteiger partial charge in [0.15, 0.2) is 6.23 Å². The van der Waals surface area contributed by atoms with Crippen LogP contribution in [0.4, 0.5) is 14.5 Å². The maximum absolute atomic E-state index is 13.7. The molecule has 1 unspecified atom stereocenters. The predicted molar refractivity (Wildman–Crippen MR) is 130 cm³/mol. The van der Waals surface area contributed by atoms with E-state index in [1.165, 1.54) is 12.1 Å². The number of halogens is 3. The molecule has 0 spiro atoms. The summed E-state index contributed by atoms with van der Waals surface area (Å²) in [5, 5.41) is 12.3. The number of hydrogen-bond acceptors (Lipinski definition) is 6. The number of amides is 1. The van der Waals surface area contributed by atoms with Crippen LogP contribution in [0.25, 0.3) is 10.8 Å². The molecule has 7 nitrogen and oxygen atoms in total. The van der Waals surface area contributed by atoms with Crippen LogP contribution in [0.1, 0.15) is 41.6 Å². The maximum atomic E-state index is 13.7. The molecule has 0 saturated carbocycles. The van der Waals surface area contributed by atoms with Crippen molar-refractivity contribution in [1.82, 2.24) is 0 Å². The summed E-state index contributed by atoms with van der Waals surface area (Å²) in [5.41, 5.74) is 0.764. The number of aliphatic hydroxyl groups is 1. The minimum Gasteiger partial charge on any atom is -0.492 e. The van der Waals surface area contributed by atoms with Gasteiger partial charge in [0.25, 0.3) is 12.3 Å². The molecule has 0 saturated heterocycles. The Morgan fingerprint density at radius 3 is 2.39 bits per heavy atom. The fourth-order valence-corrected chi connectivity index (χ4v) is 4.58. The number of ether oxygens (including phenoxy) is 3. The molecule has 1 atom stereocenters. The predicted octanol–water partition coefficient (Wildman–Crippen LogP) is 5.29. The van der Waals surface area contributed by atoms with Gasteiger partial charge in [0, 0.05) is 10.8 Å². The first kappa shape index (κ1) is 25.7. The third kappa shape index (κ3) is 4.68. The van der Waals surface area contributed by atoms with Crippen LogP contribution in [0.3, 0.4) is 0 Å². The number of benzene rings is 3. The standard InChI is InChI=1S/C26H24ClF2NO6/c1-3-34-20(31)12-14-9-10-18(17(27)11-14)30-25(32)21-22(26(30)33)24(36-13-19(28)29)16-8-6-5-7-15(16)23(21)35-4-2/h5-11,19,26,33H,3-4,12-13H2,1-2H3. The number of fused-ring (bicyclic) bond motifs is 2. The Labute approximate surface area is 211 Å². The molecular formula is C26H24ClF2NO6. The second-order valence-corrected chi connectivity index (χ2v) is 8.35. The Morgan fingerprint density at radius 1 is 1.08 bits per heavy atom. The second-order valence-electron chi connectivity index (χ2n) is 7.94. The highest BCUT2D eigenvalue weighted by Gasteiger charge is 2.44. The number of carbonyl (C=O) groups is 2. The van der Waals surface area contributed by atoms with E-state index in [1.54, 1.807) is 44.2 Å². The van der Waals surface area contributed by atoms with Crippen LogP contribution < -0.4 is 14.4 Å². The molecular weight excluding hydrogens is 496 g/mol. The van der Waals surface area contributed by atoms with E-state index in [0.29, 0.717) is 16.3 Å². The molecule has 1 aliphatic rings. The molecule has 1 N–H and O–H groups in total. The molecule has 0 aromatic heterocycles. The van der Waals surface area contributed by atoms with Crippen LogP contribution in [-0.4, -0.2) is 43.2 Å². The van der Waals surface area contributed by atoms with Crippen LogP contribution >= 0.6 is 11.6 Å². The number of anilines is 1. The normalized spacial score (nSPS) is 14.9. The third-order valence-corrected chi connectivity index (χ3v) is 5.96. The van der Waals surface area contributed by atoms with E-state index >= 15 is 0 Å². The highest BCUT2D eigenvalue weighted by Crippen LogP contribution is 2.51. The fourth-order valence-electron chi connectivity index (χ4n) is 4.29. The number of nitrogens with zero attached hydrogens (tertiary/aromatic N) is 1. The van der Waals surface area contributed by atoms with Crippen molar-refractivity contribution in [1.29, 1.82) is 0 Å². The van der Waals surface area contributed by atoms with Crippen LogP contribution in [0.5, 0.6) is 11.5 Å². The average molecular weight is 520 g/mol. The highest BCUT2D eigenvalue weighted by atomic mass is 35.5. The topological polar surface area (TPSA) is 85.3 Å². The zero-order chi connectivity index (χ0) is 26.0. The minimum atomic E-state index is -2.77. The van der Waals surface area contributed by atoms with Crippen molar-refractivity contribution < 1.29 is 37.7 Å². The number of esters is 1. The van der Waals surface area contributed by atoms with Crippen molar-refractivity contribution in [2.75, 3.05) is 24.7 Å². The molecule has 0 radical (unpaired) electrons. The van der Waals surface area contributed by atoms with Gasteiger partial charge in [-0.05, 0) is 31.5 Å². The minimum absolute atomic E-state index is 0.0129. The molecule has 3 aromatic rings. The molecule has 3 aromatic carbocycles. The third-order valence-electron chi connectivity index (χ3n) is 5.66. The number of aliphatic hydroxyl groups excluding tert-OH is 1. The lowest BCUT2D eigenvalue weighted by molar-refractivity contribution is -0.142. The fraction of sp³-hybridized carbons (Fsp3) is 0.308. The summed E-state index contributed by atoms with van der Waals surface area (Å²) in [6, 6.07) is 11.4. The van der Waals surface area contributed by atoms with E-state index in [9.17, 15) is 23.5 Å². The number of hydrogen-bond donors (Lipinski definition) is 1. The average Bonchev–Trinajstić information content (AvgIpc) is 3.09. The number of carbonyl (C=O) groups excluding carboxylic acids is 2. The molecule has 1 heterocycles. The van der Waals surface area contributed by atoms with Gasteiger partial charge < -0.3 is 19.3 Å². The smallest absolute Gasteiger partial charge is 0.310 e. The number of alkyl halides is 2. The summed E-state index contributed by atoms with van der Waals surface area (Å²) in [7, 11) is 0. The van der Waals surface area contributed by atoms with Gasteiger partial charge in [0.05, 0.1) is 41.5 Å². The Hall–Kier alpha value is -3.43. The molecule has 0 aliphatic carbocycles. The summed E-state index contributed by atoms with van der Waals surface area (Å²) < 4.78 is 42.4. The summed E-state index contributed by atoms with van der Waals surface area (Å²) in [6.07, 6.45) is -4.37. The van der Waals surface area contributed by atoms with E-state index in [-0.39, 0.29) is 53.0 Å². The first-order valence-electron chi connectivity index (χ1n) is 11.4. The summed E-state index contributed by atoms with van der Waals surface area (Å²) in [6.45, 7) is 2.99. The number of rotatable bonds is 9. The van der Waals surface area contributed by atoms with Crippen molar-refractivity contribution in [3.63, 3.8) is 0 Å². The van der Waals surface area contributed by atoms with Gasteiger partial charge in [-0.2, -0.15) is 0 Å². The van der Waals surface area contributed by atoms with Gasteiger partial charge in [0.1, 0.15) is 18.1 Å². The van der Waals surface area contributed by atoms with Gasteiger partial charge >= 0.3 is 5.97 Å². The van der Waals surface area contributed by atoms with E-state index < -0.39 is 31.1 Å². The molecule has 4 rings (SSSR count). The van der Waals surface area contributed by atoms with Crippen LogP contribution in [-0.2, 0) is 16.0 Å². The molecule has 36 heavy (non-hydrogen) atoms. The van der Waals surface area contributed by atoms with Gasteiger partial charge in [-0.3, -0.25) is 14.5 Å². The van der Waals surface area contributed by atoms with E-state index in [0.717, 1.165) is 4.90 Å². The van der Waals surface area contributed by atoms with Gasteiger partial charge in [0.2, 0.25) is 0 Å². The van der Waals surface area contributed by atoms with Gasteiger partial charge in [-0.15, -0.1) is 0 Å².